The fourth-order valence-electron chi connectivity index (χ4n) is 1.67. The van der Waals surface area contributed by atoms with Crippen LogP contribution in [0.2, 0.25) is 0 Å². The molecule has 0 aliphatic rings. The molecule has 0 saturated carbocycles. The van der Waals surface area contributed by atoms with E-state index in [9.17, 15) is 4.79 Å². The number of hydrogen-bond acceptors (Lipinski definition) is 3. The Morgan fingerprint density at radius 3 is 2.39 bits per heavy atom. The van der Waals surface area contributed by atoms with Gasteiger partial charge in [-0.3, -0.25) is 9.89 Å². The van der Waals surface area contributed by atoms with Gasteiger partial charge in [0.2, 0.25) is 0 Å². The summed E-state index contributed by atoms with van der Waals surface area (Å²) in [6, 6.07) is 0. The van der Waals surface area contributed by atoms with Gasteiger partial charge in [0.25, 0.3) is 5.91 Å². The number of nitrogen functional groups attached to an aromatic ring is 1. The minimum Gasteiger partial charge on any atom is -0.395 e. The number of carbonyl (C=O) groups excluding carboxylic acids is 1. The zero-order valence-electron chi connectivity index (χ0n) is 10.9. The van der Waals surface area contributed by atoms with Crippen LogP contribution in [-0.4, -0.2) is 34.1 Å². The first-order valence-electron chi connectivity index (χ1n) is 5.87. The standard InChI is InChI=1S/C13H20N4O/c1-5-7-17(8-6-2)13(18)12-10(14)11(9(3)4)15-16-12/h5-6,9H,1-2,7-8,14H2,3-4H3,(H,15,16). The molecule has 0 saturated heterocycles. The number of amides is 1. The van der Waals surface area contributed by atoms with Crippen LogP contribution in [0.1, 0.15) is 35.9 Å². The van der Waals surface area contributed by atoms with E-state index in [0.717, 1.165) is 5.69 Å². The van der Waals surface area contributed by atoms with Crippen molar-refractivity contribution in [2.75, 3.05) is 18.8 Å². The maximum Gasteiger partial charge on any atom is 0.277 e. The third-order valence-corrected chi connectivity index (χ3v) is 2.60. The van der Waals surface area contributed by atoms with Crippen molar-refractivity contribution in [2.45, 2.75) is 19.8 Å². The van der Waals surface area contributed by atoms with Crippen LogP contribution in [0.5, 0.6) is 0 Å². The normalized spacial score (nSPS) is 10.4. The monoisotopic (exact) mass is 248 g/mol. The van der Waals surface area contributed by atoms with Crippen molar-refractivity contribution in [3.63, 3.8) is 0 Å². The number of nitrogens with one attached hydrogen (secondary N) is 1. The number of rotatable bonds is 6. The van der Waals surface area contributed by atoms with Gasteiger partial charge >= 0.3 is 0 Å². The Kier molecular flexibility index (Phi) is 4.71. The maximum absolute atomic E-state index is 12.2. The third-order valence-electron chi connectivity index (χ3n) is 2.60. The summed E-state index contributed by atoms with van der Waals surface area (Å²) in [5.74, 6) is -0.0123. The Morgan fingerprint density at radius 2 is 2.00 bits per heavy atom. The van der Waals surface area contributed by atoms with Crippen LogP contribution >= 0.6 is 0 Å². The summed E-state index contributed by atoms with van der Waals surface area (Å²) < 4.78 is 0. The van der Waals surface area contributed by atoms with E-state index in [1.54, 1.807) is 17.1 Å². The minimum absolute atomic E-state index is 0.200. The highest BCUT2D eigenvalue weighted by atomic mass is 16.2. The topological polar surface area (TPSA) is 75.0 Å². The summed E-state index contributed by atoms with van der Waals surface area (Å²) in [4.78, 5) is 13.8. The van der Waals surface area contributed by atoms with E-state index in [1.807, 2.05) is 13.8 Å². The first-order valence-corrected chi connectivity index (χ1v) is 5.87. The van der Waals surface area contributed by atoms with Crippen molar-refractivity contribution < 1.29 is 4.79 Å². The molecule has 0 fully saturated rings. The SMILES string of the molecule is C=CCN(CC=C)C(=O)c1n[nH]c(C(C)C)c1N. The zero-order valence-corrected chi connectivity index (χ0v) is 10.9. The molecule has 5 heteroatoms. The van der Waals surface area contributed by atoms with Crippen molar-refractivity contribution in [1.29, 1.82) is 0 Å². The second-order valence-electron chi connectivity index (χ2n) is 4.34. The van der Waals surface area contributed by atoms with Crippen LogP contribution in [0.4, 0.5) is 5.69 Å². The lowest BCUT2D eigenvalue weighted by molar-refractivity contribution is 0.0786. The lowest BCUT2D eigenvalue weighted by Gasteiger charge is -2.18. The number of aromatic nitrogens is 2. The van der Waals surface area contributed by atoms with Crippen LogP contribution in [0, 0.1) is 0 Å². The molecule has 0 bridgehead atoms. The van der Waals surface area contributed by atoms with Gasteiger partial charge in [-0.25, -0.2) is 0 Å². The van der Waals surface area contributed by atoms with Gasteiger partial charge in [0.15, 0.2) is 5.69 Å². The number of anilines is 1. The number of H-pyrrole nitrogens is 1. The molecule has 3 N–H and O–H groups in total. The summed E-state index contributed by atoms with van der Waals surface area (Å²) in [6.45, 7) is 12.1. The highest BCUT2D eigenvalue weighted by Gasteiger charge is 2.22. The molecule has 0 spiro atoms. The highest BCUT2D eigenvalue weighted by Crippen LogP contribution is 2.23. The first-order chi connectivity index (χ1) is 8.52. The average Bonchev–Trinajstić information content (AvgIpc) is 2.70. The molecule has 1 aromatic rings. The molecule has 1 aromatic heterocycles. The quantitative estimate of drug-likeness (QED) is 0.755. The first kappa shape index (κ1) is 14.0. The van der Waals surface area contributed by atoms with E-state index < -0.39 is 0 Å². The van der Waals surface area contributed by atoms with Crippen LogP contribution in [-0.2, 0) is 0 Å². The van der Waals surface area contributed by atoms with Gasteiger partial charge in [-0.1, -0.05) is 26.0 Å². The summed E-state index contributed by atoms with van der Waals surface area (Å²) in [7, 11) is 0. The van der Waals surface area contributed by atoms with Crippen molar-refractivity contribution in [3.05, 3.63) is 36.7 Å². The number of hydrogen-bond donors (Lipinski definition) is 2. The zero-order chi connectivity index (χ0) is 13.7. The molecule has 0 aromatic carbocycles. The largest absolute Gasteiger partial charge is 0.395 e. The fraction of sp³-hybridized carbons (Fsp3) is 0.385. The predicted molar refractivity (Wildman–Crippen MR) is 73.4 cm³/mol. The van der Waals surface area contributed by atoms with Crippen LogP contribution in [0.15, 0.2) is 25.3 Å². The molecule has 1 amide bonds. The lowest BCUT2D eigenvalue weighted by atomic mass is 10.1. The van der Waals surface area contributed by atoms with Gasteiger partial charge in [0, 0.05) is 13.1 Å². The van der Waals surface area contributed by atoms with Gasteiger partial charge in [0.05, 0.1) is 11.4 Å². The molecule has 5 nitrogen and oxygen atoms in total. The summed E-state index contributed by atoms with van der Waals surface area (Å²) in [5.41, 5.74) is 7.42. The molecule has 0 aliphatic carbocycles. The second kappa shape index (κ2) is 6.05. The van der Waals surface area contributed by atoms with Crippen molar-refractivity contribution in [2.24, 2.45) is 0 Å². The second-order valence-corrected chi connectivity index (χ2v) is 4.34. The molecule has 0 unspecified atom stereocenters. The van der Waals surface area contributed by atoms with Gasteiger partial charge in [-0.2, -0.15) is 5.10 Å². The molecular weight excluding hydrogens is 228 g/mol. The molecule has 0 atom stereocenters. The van der Waals surface area contributed by atoms with Crippen molar-refractivity contribution >= 4 is 11.6 Å². The van der Waals surface area contributed by atoms with E-state index >= 15 is 0 Å². The summed E-state index contributed by atoms with van der Waals surface area (Å²) in [5, 5.41) is 6.83. The van der Waals surface area contributed by atoms with E-state index in [0.29, 0.717) is 18.8 Å². The molecular formula is C13H20N4O. The minimum atomic E-state index is -0.213. The number of nitrogens with zero attached hydrogens (tertiary/aromatic N) is 2. The van der Waals surface area contributed by atoms with E-state index in [1.165, 1.54) is 0 Å². The maximum atomic E-state index is 12.2. The summed E-state index contributed by atoms with van der Waals surface area (Å²) >= 11 is 0. The predicted octanol–water partition coefficient (Wildman–Crippen LogP) is 1.93. The average molecular weight is 248 g/mol. The van der Waals surface area contributed by atoms with E-state index in [4.69, 9.17) is 5.73 Å². The van der Waals surface area contributed by atoms with E-state index in [-0.39, 0.29) is 17.5 Å². The molecule has 98 valence electrons. The van der Waals surface area contributed by atoms with Gasteiger partial charge in [-0.15, -0.1) is 13.2 Å². The van der Waals surface area contributed by atoms with Crippen LogP contribution < -0.4 is 5.73 Å². The third kappa shape index (κ3) is 2.80. The molecule has 1 heterocycles. The Balaban J connectivity index is 3.01. The Bertz CT molecular complexity index is 438. The Labute approximate surface area is 107 Å². The molecule has 0 aliphatic heterocycles. The number of aromatic amines is 1. The summed E-state index contributed by atoms with van der Waals surface area (Å²) in [6.07, 6.45) is 3.32. The van der Waals surface area contributed by atoms with Gasteiger partial charge < -0.3 is 10.6 Å². The molecule has 18 heavy (non-hydrogen) atoms. The van der Waals surface area contributed by atoms with Gasteiger partial charge in [0.1, 0.15) is 0 Å². The molecule has 0 radical (unpaired) electrons. The fourth-order valence-corrected chi connectivity index (χ4v) is 1.67. The van der Waals surface area contributed by atoms with Crippen molar-refractivity contribution in [3.8, 4) is 0 Å². The highest BCUT2D eigenvalue weighted by molar-refractivity contribution is 5.97. The van der Waals surface area contributed by atoms with E-state index in [2.05, 4.69) is 23.4 Å². The van der Waals surface area contributed by atoms with Crippen molar-refractivity contribution in [1.82, 2.24) is 15.1 Å². The number of nitrogens with two attached hydrogens (primary N) is 1. The molecule has 1 rings (SSSR count). The Morgan fingerprint density at radius 1 is 1.44 bits per heavy atom. The smallest absolute Gasteiger partial charge is 0.277 e. The Hall–Kier alpha value is -2.04. The van der Waals surface area contributed by atoms with Crippen LogP contribution in [0.3, 0.4) is 0 Å². The van der Waals surface area contributed by atoms with Crippen LogP contribution in [0.25, 0.3) is 0 Å². The number of carbonyl (C=O) groups is 1. The van der Waals surface area contributed by atoms with Gasteiger partial charge in [-0.05, 0) is 5.92 Å². The lowest BCUT2D eigenvalue weighted by Crippen LogP contribution is -2.32.